The molecule has 4 heteroatoms. The summed E-state index contributed by atoms with van der Waals surface area (Å²) in [7, 11) is 0. The third kappa shape index (κ3) is 13.2. The summed E-state index contributed by atoms with van der Waals surface area (Å²) in [5.74, 6) is -2.09. The lowest BCUT2D eigenvalue weighted by atomic mass is 9.79. The molecule has 1 aliphatic carbocycles. The van der Waals surface area contributed by atoms with Gasteiger partial charge in [-0.25, -0.2) is 0 Å². The number of carbonyl (C=O) groups excluding carboxylic acids is 1. The molecule has 1 fully saturated rings. The van der Waals surface area contributed by atoms with Crippen LogP contribution in [0.1, 0.15) is 142 Å². The van der Waals surface area contributed by atoms with Crippen molar-refractivity contribution >= 4 is 11.9 Å². The zero-order valence-corrected chi connectivity index (χ0v) is 20.5. The van der Waals surface area contributed by atoms with Crippen molar-refractivity contribution in [2.24, 2.45) is 11.8 Å². The van der Waals surface area contributed by atoms with Crippen LogP contribution in [0, 0.1) is 11.8 Å². The van der Waals surface area contributed by atoms with Crippen molar-refractivity contribution < 1.29 is 19.4 Å². The zero-order valence-electron chi connectivity index (χ0n) is 20.5. The Morgan fingerprint density at radius 1 is 0.710 bits per heavy atom. The van der Waals surface area contributed by atoms with E-state index in [9.17, 15) is 14.7 Å². The van der Waals surface area contributed by atoms with Crippen molar-refractivity contribution in [3.63, 3.8) is 0 Å². The van der Waals surface area contributed by atoms with Gasteiger partial charge in [0.15, 0.2) is 0 Å². The van der Waals surface area contributed by atoms with Crippen molar-refractivity contribution in [1.82, 2.24) is 0 Å². The first kappa shape index (κ1) is 28.0. The highest BCUT2D eigenvalue weighted by Gasteiger charge is 2.37. The molecule has 0 amide bonds. The van der Waals surface area contributed by atoms with E-state index in [1.54, 1.807) is 0 Å². The minimum absolute atomic E-state index is 0.0323. The number of esters is 1. The molecule has 0 saturated heterocycles. The second kappa shape index (κ2) is 18.5. The third-order valence-corrected chi connectivity index (χ3v) is 6.93. The van der Waals surface area contributed by atoms with Gasteiger partial charge >= 0.3 is 11.9 Å². The fourth-order valence-corrected chi connectivity index (χ4v) is 4.88. The third-order valence-electron chi connectivity index (χ3n) is 6.93. The molecule has 0 radical (unpaired) electrons. The molecule has 1 aliphatic rings. The van der Waals surface area contributed by atoms with Crippen LogP contribution in [0.3, 0.4) is 0 Å². The molecular formula is C27H50O4. The quantitative estimate of drug-likeness (QED) is 0.163. The van der Waals surface area contributed by atoms with Crippen LogP contribution in [0.25, 0.3) is 0 Å². The first-order valence-electron chi connectivity index (χ1n) is 13.5. The molecule has 182 valence electrons. The molecule has 0 heterocycles. The van der Waals surface area contributed by atoms with Gasteiger partial charge in [-0.05, 0) is 38.5 Å². The van der Waals surface area contributed by atoms with E-state index in [1.165, 1.54) is 77.0 Å². The summed E-state index contributed by atoms with van der Waals surface area (Å²) >= 11 is 0. The molecule has 1 N–H and O–H groups in total. The Labute approximate surface area is 191 Å². The molecule has 3 atom stereocenters. The molecule has 4 nitrogen and oxygen atoms in total. The highest BCUT2D eigenvalue weighted by molar-refractivity contribution is 5.81. The van der Waals surface area contributed by atoms with Gasteiger partial charge in [0, 0.05) is 0 Å². The number of hydrogen-bond acceptors (Lipinski definition) is 3. The largest absolute Gasteiger partial charge is 0.481 e. The molecule has 0 aliphatic heterocycles. The summed E-state index contributed by atoms with van der Waals surface area (Å²) in [5.41, 5.74) is 0. The highest BCUT2D eigenvalue weighted by atomic mass is 16.5. The second-order valence-electron chi connectivity index (χ2n) is 9.71. The van der Waals surface area contributed by atoms with Crippen LogP contribution in [-0.2, 0) is 14.3 Å². The Hall–Kier alpha value is -1.06. The summed E-state index contributed by atoms with van der Waals surface area (Å²) in [6, 6.07) is 0. The van der Waals surface area contributed by atoms with Gasteiger partial charge < -0.3 is 9.84 Å². The van der Waals surface area contributed by atoms with E-state index in [0.29, 0.717) is 12.8 Å². The first-order chi connectivity index (χ1) is 15.1. The van der Waals surface area contributed by atoms with E-state index < -0.39 is 17.8 Å². The fourth-order valence-electron chi connectivity index (χ4n) is 4.88. The van der Waals surface area contributed by atoms with Crippen LogP contribution in [0.4, 0.5) is 0 Å². The fraction of sp³-hybridized carbons (Fsp3) is 0.926. The maximum atomic E-state index is 12.8. The van der Waals surface area contributed by atoms with Gasteiger partial charge in [0.05, 0.1) is 11.8 Å². The molecule has 0 aromatic carbocycles. The Morgan fingerprint density at radius 3 is 1.58 bits per heavy atom. The number of ether oxygens (including phenoxy) is 1. The monoisotopic (exact) mass is 438 g/mol. The smallest absolute Gasteiger partial charge is 0.310 e. The summed E-state index contributed by atoms with van der Waals surface area (Å²) in [5, 5.41) is 9.51. The van der Waals surface area contributed by atoms with E-state index in [2.05, 4.69) is 13.8 Å². The van der Waals surface area contributed by atoms with Gasteiger partial charge in [-0.1, -0.05) is 104 Å². The van der Waals surface area contributed by atoms with Gasteiger partial charge in [-0.15, -0.1) is 0 Å². The normalized spacial score (nSPS) is 19.8. The van der Waals surface area contributed by atoms with Crippen molar-refractivity contribution in [2.75, 3.05) is 0 Å². The standard InChI is InChI=1S/C27H50O4/c1-3-5-7-9-11-12-14-16-20-23(19-15-13-10-8-6-4-2)31-27(30)25-22-18-17-21-24(25)26(28)29/h23-25H,3-22H2,1-2H3,(H,28,29). The maximum Gasteiger partial charge on any atom is 0.310 e. The van der Waals surface area contributed by atoms with E-state index >= 15 is 0 Å². The van der Waals surface area contributed by atoms with Gasteiger partial charge in [-0.2, -0.15) is 0 Å². The SMILES string of the molecule is CCCCCCCCCCC(CCCCCCCC)OC(=O)C1CCCCC1C(=O)O. The lowest BCUT2D eigenvalue weighted by molar-refractivity contribution is -0.164. The van der Waals surface area contributed by atoms with Crippen molar-refractivity contribution in [3.05, 3.63) is 0 Å². The van der Waals surface area contributed by atoms with E-state index in [4.69, 9.17) is 4.74 Å². The second-order valence-corrected chi connectivity index (χ2v) is 9.71. The molecule has 3 unspecified atom stereocenters. The molecule has 0 aromatic heterocycles. The number of hydrogen-bond donors (Lipinski definition) is 1. The summed E-state index contributed by atoms with van der Waals surface area (Å²) in [6.07, 6.45) is 22.6. The summed E-state index contributed by atoms with van der Waals surface area (Å²) < 4.78 is 5.96. The zero-order chi connectivity index (χ0) is 22.7. The van der Waals surface area contributed by atoms with Crippen LogP contribution >= 0.6 is 0 Å². The maximum absolute atomic E-state index is 12.8. The van der Waals surface area contributed by atoms with E-state index in [1.807, 2.05) is 0 Å². The van der Waals surface area contributed by atoms with Crippen LogP contribution in [0.15, 0.2) is 0 Å². The number of aliphatic carboxylic acids is 1. The average Bonchev–Trinajstić information content (AvgIpc) is 2.77. The molecule has 1 saturated carbocycles. The van der Waals surface area contributed by atoms with E-state index in [0.717, 1.165) is 38.5 Å². The molecule has 1 rings (SSSR count). The molecule has 0 bridgehead atoms. The minimum atomic E-state index is -0.836. The predicted octanol–water partition coefficient (Wildman–Crippen LogP) is 8.07. The first-order valence-corrected chi connectivity index (χ1v) is 13.5. The van der Waals surface area contributed by atoms with Crippen LogP contribution < -0.4 is 0 Å². The Balaban J connectivity index is 2.42. The Bertz CT molecular complexity index is 462. The van der Waals surface area contributed by atoms with Gasteiger partial charge in [0.25, 0.3) is 0 Å². The van der Waals surface area contributed by atoms with Crippen molar-refractivity contribution in [1.29, 1.82) is 0 Å². The van der Waals surface area contributed by atoms with Crippen LogP contribution in [-0.4, -0.2) is 23.1 Å². The summed E-state index contributed by atoms with van der Waals surface area (Å²) in [4.78, 5) is 24.4. The van der Waals surface area contributed by atoms with Crippen molar-refractivity contribution in [3.8, 4) is 0 Å². The average molecular weight is 439 g/mol. The molecule has 0 aromatic rings. The molecule has 0 spiro atoms. The topological polar surface area (TPSA) is 63.6 Å². The minimum Gasteiger partial charge on any atom is -0.481 e. The van der Waals surface area contributed by atoms with Gasteiger partial charge in [0.2, 0.25) is 0 Å². The Morgan fingerprint density at radius 2 is 1.13 bits per heavy atom. The van der Waals surface area contributed by atoms with Crippen LogP contribution in [0.5, 0.6) is 0 Å². The summed E-state index contributed by atoms with van der Waals surface area (Å²) in [6.45, 7) is 4.48. The predicted molar refractivity (Wildman–Crippen MR) is 128 cm³/mol. The number of carbonyl (C=O) groups is 2. The van der Waals surface area contributed by atoms with E-state index in [-0.39, 0.29) is 12.1 Å². The lowest BCUT2D eigenvalue weighted by Crippen LogP contribution is -2.35. The Kier molecular flexibility index (Phi) is 16.7. The number of carboxylic acids is 1. The van der Waals surface area contributed by atoms with Gasteiger partial charge in [-0.3, -0.25) is 9.59 Å². The molecule has 31 heavy (non-hydrogen) atoms. The number of carboxylic acid groups (broad SMARTS) is 1. The van der Waals surface area contributed by atoms with Gasteiger partial charge in [0.1, 0.15) is 6.10 Å². The molecular weight excluding hydrogens is 388 g/mol. The highest BCUT2D eigenvalue weighted by Crippen LogP contribution is 2.32. The number of rotatable bonds is 19. The lowest BCUT2D eigenvalue weighted by Gasteiger charge is -2.29. The van der Waals surface area contributed by atoms with Crippen LogP contribution in [0.2, 0.25) is 0 Å². The number of unbranched alkanes of at least 4 members (excludes halogenated alkanes) is 12. The van der Waals surface area contributed by atoms with Crippen molar-refractivity contribution in [2.45, 2.75) is 148 Å².